The zero-order chi connectivity index (χ0) is 28.4. The number of benzene rings is 1. The van der Waals surface area contributed by atoms with Crippen molar-refractivity contribution in [2.45, 2.75) is 57.5 Å². The molecule has 8 nitrogen and oxygen atoms in total. The van der Waals surface area contributed by atoms with Gasteiger partial charge in [0.15, 0.2) is 6.17 Å². The Morgan fingerprint density at radius 3 is 2.65 bits per heavy atom. The number of halogens is 2. The number of pyridine rings is 1. The second-order valence-electron chi connectivity index (χ2n) is 10.2. The third kappa shape index (κ3) is 5.52. The van der Waals surface area contributed by atoms with Crippen molar-refractivity contribution in [2.75, 3.05) is 32.2 Å². The number of anilines is 1. The predicted octanol–water partition coefficient (Wildman–Crippen LogP) is 5.30. The smallest absolute Gasteiger partial charge is 0.411 e. The number of aryl methyl sites for hydroxylation is 1. The summed E-state index contributed by atoms with van der Waals surface area (Å²) < 4.78 is 43.8. The third-order valence-electron chi connectivity index (χ3n) is 7.74. The summed E-state index contributed by atoms with van der Waals surface area (Å²) in [6.45, 7) is 3.79. The van der Waals surface area contributed by atoms with Gasteiger partial charge in [0.05, 0.1) is 32.5 Å². The van der Waals surface area contributed by atoms with Crippen LogP contribution in [-0.4, -0.2) is 67.6 Å². The first-order valence-electron chi connectivity index (χ1n) is 13.5. The average molecular weight is 554 g/mol. The second kappa shape index (κ2) is 11.7. The Labute approximate surface area is 232 Å². The number of amides is 1. The highest BCUT2D eigenvalue weighted by Gasteiger charge is 2.41. The minimum absolute atomic E-state index is 0.0892. The molecule has 212 valence electrons. The van der Waals surface area contributed by atoms with Crippen LogP contribution in [-0.2, 0) is 27.2 Å². The number of ether oxygens (including phenoxy) is 3. The van der Waals surface area contributed by atoms with E-state index in [9.17, 15) is 18.4 Å². The van der Waals surface area contributed by atoms with Gasteiger partial charge in [-0.3, -0.25) is 9.69 Å². The summed E-state index contributed by atoms with van der Waals surface area (Å²) in [5, 5.41) is 0. The molecule has 3 heterocycles. The normalized spacial score (nSPS) is 22.3. The minimum Gasteiger partial charge on any atom is -0.496 e. The Hall–Kier alpha value is -3.95. The molecule has 1 aromatic heterocycles. The lowest BCUT2D eigenvalue weighted by Crippen LogP contribution is -2.38. The molecule has 3 atom stereocenters. The number of allylic oxidation sites excluding steroid dienone is 2. The van der Waals surface area contributed by atoms with E-state index in [1.807, 2.05) is 37.3 Å². The summed E-state index contributed by atoms with van der Waals surface area (Å²) >= 11 is 0. The van der Waals surface area contributed by atoms with Gasteiger partial charge in [0, 0.05) is 37.1 Å². The van der Waals surface area contributed by atoms with Gasteiger partial charge in [-0.15, -0.1) is 0 Å². The van der Waals surface area contributed by atoms with Crippen molar-refractivity contribution in [2.24, 2.45) is 0 Å². The van der Waals surface area contributed by atoms with Crippen molar-refractivity contribution in [1.29, 1.82) is 0 Å². The van der Waals surface area contributed by atoms with Gasteiger partial charge in [0.2, 0.25) is 0 Å². The topological polar surface area (TPSA) is 81.2 Å². The fourth-order valence-corrected chi connectivity index (χ4v) is 5.23. The highest BCUT2D eigenvalue weighted by atomic mass is 19.2. The third-order valence-corrected chi connectivity index (χ3v) is 7.74. The SMILES string of the molecule is COC(=O)CCc1ccc(OC)c(-c2ccc(N3CCC3)nc2CN2C(=O)O[C@H](C3=CCC(F)C(F)=C3)[C@@H]2C)c1. The Balaban J connectivity index is 1.48. The van der Waals surface area contributed by atoms with Crippen molar-refractivity contribution in [3.05, 3.63) is 65.1 Å². The van der Waals surface area contributed by atoms with Gasteiger partial charge < -0.3 is 19.1 Å². The van der Waals surface area contributed by atoms with E-state index in [1.165, 1.54) is 7.11 Å². The molecule has 1 aliphatic carbocycles. The largest absolute Gasteiger partial charge is 0.496 e. The van der Waals surface area contributed by atoms with E-state index >= 15 is 0 Å². The maximum absolute atomic E-state index is 14.0. The summed E-state index contributed by atoms with van der Waals surface area (Å²) in [4.78, 5) is 33.5. The number of nitrogens with zero attached hydrogens (tertiary/aromatic N) is 3. The van der Waals surface area contributed by atoms with Crippen molar-refractivity contribution in [3.8, 4) is 16.9 Å². The molecule has 2 fully saturated rings. The van der Waals surface area contributed by atoms with E-state index in [1.54, 1.807) is 18.1 Å². The quantitative estimate of drug-likeness (QED) is 0.390. The molecule has 0 bridgehead atoms. The summed E-state index contributed by atoms with van der Waals surface area (Å²) in [6.07, 6.45) is 1.53. The van der Waals surface area contributed by atoms with Crippen LogP contribution in [0.25, 0.3) is 11.1 Å². The van der Waals surface area contributed by atoms with Crippen molar-refractivity contribution in [1.82, 2.24) is 9.88 Å². The lowest BCUT2D eigenvalue weighted by Gasteiger charge is -2.33. The first-order valence-corrected chi connectivity index (χ1v) is 13.5. The lowest BCUT2D eigenvalue weighted by atomic mass is 9.95. The number of rotatable bonds is 9. The fourth-order valence-electron chi connectivity index (χ4n) is 5.23. The fraction of sp³-hybridized carbons (Fsp3) is 0.433. The second-order valence-corrected chi connectivity index (χ2v) is 10.2. The van der Waals surface area contributed by atoms with Gasteiger partial charge in [0.25, 0.3) is 0 Å². The van der Waals surface area contributed by atoms with Crippen LogP contribution in [0, 0.1) is 0 Å². The van der Waals surface area contributed by atoms with Crippen molar-refractivity contribution in [3.63, 3.8) is 0 Å². The molecule has 2 saturated heterocycles. The summed E-state index contributed by atoms with van der Waals surface area (Å²) in [7, 11) is 2.95. The number of carbonyl (C=O) groups is 2. The van der Waals surface area contributed by atoms with Gasteiger partial charge in [0.1, 0.15) is 23.5 Å². The zero-order valence-electron chi connectivity index (χ0n) is 22.9. The van der Waals surface area contributed by atoms with Crippen LogP contribution in [0.15, 0.2) is 53.9 Å². The summed E-state index contributed by atoms with van der Waals surface area (Å²) in [5.74, 6) is 0.297. The average Bonchev–Trinajstić information content (AvgIpc) is 3.20. The van der Waals surface area contributed by atoms with Crippen LogP contribution in [0.1, 0.15) is 37.4 Å². The molecule has 0 saturated carbocycles. The molecular weight excluding hydrogens is 520 g/mol. The van der Waals surface area contributed by atoms with Gasteiger partial charge in [-0.1, -0.05) is 12.1 Å². The van der Waals surface area contributed by atoms with Crippen LogP contribution in [0.5, 0.6) is 5.75 Å². The predicted molar refractivity (Wildman–Crippen MR) is 145 cm³/mol. The van der Waals surface area contributed by atoms with Gasteiger partial charge in [-0.25, -0.2) is 18.6 Å². The highest BCUT2D eigenvalue weighted by Crippen LogP contribution is 2.37. The van der Waals surface area contributed by atoms with Gasteiger partial charge in [-0.05, 0) is 61.2 Å². The molecule has 2 aliphatic heterocycles. The van der Waals surface area contributed by atoms with E-state index in [2.05, 4.69) is 4.90 Å². The molecular formula is C30H33F2N3O5. The van der Waals surface area contributed by atoms with E-state index in [-0.39, 0.29) is 25.4 Å². The van der Waals surface area contributed by atoms with E-state index < -0.39 is 30.2 Å². The van der Waals surface area contributed by atoms with Crippen LogP contribution >= 0.6 is 0 Å². The van der Waals surface area contributed by atoms with Gasteiger partial charge in [-0.2, -0.15) is 0 Å². The van der Waals surface area contributed by atoms with Crippen molar-refractivity contribution >= 4 is 17.9 Å². The van der Waals surface area contributed by atoms with E-state index in [0.717, 1.165) is 48.1 Å². The monoisotopic (exact) mass is 553 g/mol. The number of alkyl halides is 1. The molecule has 40 heavy (non-hydrogen) atoms. The number of carbonyl (C=O) groups excluding carboxylic acids is 2. The molecule has 5 rings (SSSR count). The van der Waals surface area contributed by atoms with Crippen LogP contribution in [0.4, 0.5) is 19.4 Å². The maximum Gasteiger partial charge on any atom is 0.411 e. The standard InChI is InChI=1S/C30H33F2N3O5/c1-18-29(20-7-9-23(31)24(32)16-20)40-30(37)35(18)17-25-21(8-11-27(33-25)34-13-4-14-34)22-15-19(5-10-26(22)38-2)6-12-28(36)39-3/h5,7-8,10-11,15-16,18,23,29H,4,6,9,12-14,17H2,1-3H3/t18-,23?,29-/m0/s1. The maximum atomic E-state index is 14.0. The number of methoxy groups -OCH3 is 2. The zero-order valence-corrected chi connectivity index (χ0v) is 22.9. The Bertz CT molecular complexity index is 1360. The molecule has 1 aromatic carbocycles. The van der Waals surface area contributed by atoms with Gasteiger partial charge >= 0.3 is 12.1 Å². The van der Waals surface area contributed by atoms with Crippen LogP contribution in [0.3, 0.4) is 0 Å². The number of hydrogen-bond donors (Lipinski definition) is 0. The lowest BCUT2D eigenvalue weighted by molar-refractivity contribution is -0.140. The molecule has 0 N–H and O–H groups in total. The van der Waals surface area contributed by atoms with Crippen molar-refractivity contribution < 1.29 is 32.6 Å². The Morgan fingerprint density at radius 1 is 1.18 bits per heavy atom. The Kier molecular flexibility index (Phi) is 8.04. The minimum atomic E-state index is -1.67. The molecule has 0 radical (unpaired) electrons. The molecule has 3 aliphatic rings. The highest BCUT2D eigenvalue weighted by molar-refractivity contribution is 5.76. The first-order chi connectivity index (χ1) is 19.3. The molecule has 1 unspecified atom stereocenters. The number of cyclic esters (lactones) is 1. The van der Waals surface area contributed by atoms with E-state index in [0.29, 0.717) is 23.4 Å². The molecule has 10 heteroatoms. The van der Waals surface area contributed by atoms with Crippen LogP contribution in [0.2, 0.25) is 0 Å². The van der Waals surface area contributed by atoms with Crippen LogP contribution < -0.4 is 9.64 Å². The summed E-state index contributed by atoms with van der Waals surface area (Å²) in [6, 6.07) is 9.23. The molecule has 0 spiro atoms. The Morgan fingerprint density at radius 2 is 1.98 bits per heavy atom. The number of hydrogen-bond acceptors (Lipinski definition) is 7. The molecule has 1 amide bonds. The van der Waals surface area contributed by atoms with E-state index in [4.69, 9.17) is 19.2 Å². The number of esters is 1. The molecule has 2 aromatic rings. The first kappa shape index (κ1) is 27.6. The summed E-state index contributed by atoms with van der Waals surface area (Å²) in [5.41, 5.74) is 3.61. The number of aromatic nitrogens is 1.